The highest BCUT2D eigenvalue weighted by Gasteiger charge is 2.34. The first-order valence-corrected chi connectivity index (χ1v) is 13.6. The molecular weight excluding hydrogens is 438 g/mol. The molecule has 1 aromatic rings. The lowest BCUT2D eigenvalue weighted by Gasteiger charge is -2.30. The number of carbonyl (C=O) groups is 2. The zero-order valence-electron chi connectivity index (χ0n) is 19.7. The van der Waals surface area contributed by atoms with Gasteiger partial charge in [0.2, 0.25) is 21.8 Å². The summed E-state index contributed by atoms with van der Waals surface area (Å²) in [5.74, 6) is -0.131. The quantitative estimate of drug-likeness (QED) is 0.642. The Labute approximate surface area is 197 Å². The van der Waals surface area contributed by atoms with Crippen LogP contribution >= 0.6 is 0 Å². The SMILES string of the molecule is CC(=O)N1c2ccc(S(=O)(=O)N3CCC(C(=O)NCCC4=CCCCC4)CC3)cc2C[C@H]1C. The Kier molecular flexibility index (Phi) is 7.24. The van der Waals surface area contributed by atoms with E-state index in [4.69, 9.17) is 0 Å². The van der Waals surface area contributed by atoms with Gasteiger partial charge in [-0.2, -0.15) is 4.31 Å². The van der Waals surface area contributed by atoms with Crippen LogP contribution in [0, 0.1) is 5.92 Å². The first kappa shape index (κ1) is 24.0. The van der Waals surface area contributed by atoms with Gasteiger partial charge in [-0.3, -0.25) is 9.59 Å². The molecule has 1 saturated heterocycles. The lowest BCUT2D eigenvalue weighted by atomic mass is 9.96. The van der Waals surface area contributed by atoms with Crippen LogP contribution in [-0.2, 0) is 26.0 Å². The Hall–Kier alpha value is -2.19. The molecule has 3 aliphatic rings. The molecule has 0 radical (unpaired) electrons. The fourth-order valence-corrected chi connectivity index (χ4v) is 6.90. The van der Waals surface area contributed by atoms with Gasteiger partial charge in [-0.25, -0.2) is 8.42 Å². The van der Waals surface area contributed by atoms with Crippen LogP contribution < -0.4 is 10.2 Å². The maximum atomic E-state index is 13.2. The zero-order valence-corrected chi connectivity index (χ0v) is 20.5. The molecule has 0 aromatic heterocycles. The van der Waals surface area contributed by atoms with Crippen molar-refractivity contribution in [3.8, 4) is 0 Å². The van der Waals surface area contributed by atoms with E-state index in [1.54, 1.807) is 23.1 Å². The number of fused-ring (bicyclic) bond motifs is 1. The number of benzene rings is 1. The molecule has 0 saturated carbocycles. The van der Waals surface area contributed by atoms with Crippen molar-refractivity contribution in [2.75, 3.05) is 24.5 Å². The maximum absolute atomic E-state index is 13.2. The third-order valence-corrected chi connectivity index (χ3v) is 9.09. The number of anilines is 1. The van der Waals surface area contributed by atoms with Gasteiger partial charge in [0.15, 0.2) is 0 Å². The molecule has 180 valence electrons. The zero-order chi connectivity index (χ0) is 23.6. The van der Waals surface area contributed by atoms with E-state index in [9.17, 15) is 18.0 Å². The van der Waals surface area contributed by atoms with E-state index in [-0.39, 0.29) is 28.7 Å². The highest BCUT2D eigenvalue weighted by Crippen LogP contribution is 2.35. The normalized spacial score (nSPS) is 22.1. The molecule has 0 unspecified atom stereocenters. The summed E-state index contributed by atoms with van der Waals surface area (Å²) in [5.41, 5.74) is 3.13. The van der Waals surface area contributed by atoms with E-state index in [1.165, 1.54) is 29.6 Å². The second-order valence-corrected chi connectivity index (χ2v) is 11.5. The average Bonchev–Trinajstić information content (AvgIpc) is 3.15. The topological polar surface area (TPSA) is 86.8 Å². The van der Waals surface area contributed by atoms with Crippen LogP contribution in [0.5, 0.6) is 0 Å². The molecule has 1 aromatic carbocycles. The molecule has 1 N–H and O–H groups in total. The lowest BCUT2D eigenvalue weighted by Crippen LogP contribution is -2.43. The Morgan fingerprint density at radius 1 is 1.15 bits per heavy atom. The number of amides is 2. The van der Waals surface area contributed by atoms with Crippen molar-refractivity contribution < 1.29 is 18.0 Å². The van der Waals surface area contributed by atoms with Crippen LogP contribution in [0.1, 0.15) is 64.4 Å². The number of hydrogen-bond acceptors (Lipinski definition) is 4. The number of nitrogens with zero attached hydrogens (tertiary/aromatic N) is 2. The van der Waals surface area contributed by atoms with Gasteiger partial charge in [-0.15, -0.1) is 0 Å². The number of carbonyl (C=O) groups excluding carboxylic acids is 2. The van der Waals surface area contributed by atoms with Crippen molar-refractivity contribution >= 4 is 27.5 Å². The summed E-state index contributed by atoms with van der Waals surface area (Å²) in [5, 5.41) is 3.05. The second kappa shape index (κ2) is 9.97. The van der Waals surface area contributed by atoms with E-state index in [2.05, 4.69) is 11.4 Å². The van der Waals surface area contributed by atoms with E-state index in [1.807, 2.05) is 6.92 Å². The van der Waals surface area contributed by atoms with E-state index in [0.717, 1.165) is 30.5 Å². The summed E-state index contributed by atoms with van der Waals surface area (Å²) in [6.45, 7) is 4.85. The molecular formula is C25H35N3O4S. The first-order valence-electron chi connectivity index (χ1n) is 12.2. The monoisotopic (exact) mass is 473 g/mol. The summed E-state index contributed by atoms with van der Waals surface area (Å²) < 4.78 is 28.0. The van der Waals surface area contributed by atoms with E-state index >= 15 is 0 Å². The maximum Gasteiger partial charge on any atom is 0.243 e. The molecule has 8 heteroatoms. The Morgan fingerprint density at radius 2 is 1.91 bits per heavy atom. The van der Waals surface area contributed by atoms with Gasteiger partial charge in [-0.1, -0.05) is 11.6 Å². The van der Waals surface area contributed by atoms with Gasteiger partial charge in [-0.05, 0) is 82.1 Å². The Morgan fingerprint density at radius 3 is 2.58 bits per heavy atom. The summed E-state index contributed by atoms with van der Waals surface area (Å²) >= 11 is 0. The number of nitrogens with one attached hydrogen (secondary N) is 1. The summed E-state index contributed by atoms with van der Waals surface area (Å²) in [4.78, 5) is 26.5. The molecule has 1 aliphatic carbocycles. The summed E-state index contributed by atoms with van der Waals surface area (Å²) in [7, 11) is -3.63. The van der Waals surface area contributed by atoms with Gasteiger partial charge in [0.1, 0.15) is 0 Å². The van der Waals surface area contributed by atoms with Crippen molar-refractivity contribution in [1.29, 1.82) is 0 Å². The molecule has 1 fully saturated rings. The minimum absolute atomic E-state index is 0.0270. The standard InChI is InChI=1S/C25H35N3O4S/c1-18-16-22-17-23(8-9-24(22)28(18)19(2)29)33(31,32)27-14-11-21(12-15-27)25(30)26-13-10-20-6-4-3-5-7-20/h6,8-9,17-18,21H,3-5,7,10-16H2,1-2H3,(H,26,30)/t18-/m1/s1. The van der Waals surface area contributed by atoms with Crippen molar-refractivity contribution in [3.63, 3.8) is 0 Å². The van der Waals surface area contributed by atoms with Gasteiger partial charge in [0.05, 0.1) is 4.90 Å². The second-order valence-electron chi connectivity index (χ2n) is 9.56. The molecule has 7 nitrogen and oxygen atoms in total. The number of piperidine rings is 1. The highest BCUT2D eigenvalue weighted by atomic mass is 32.2. The highest BCUT2D eigenvalue weighted by molar-refractivity contribution is 7.89. The predicted molar refractivity (Wildman–Crippen MR) is 128 cm³/mol. The van der Waals surface area contributed by atoms with Crippen LogP contribution in [0.15, 0.2) is 34.7 Å². The summed E-state index contributed by atoms with van der Waals surface area (Å²) in [6, 6.07) is 5.08. The van der Waals surface area contributed by atoms with E-state index in [0.29, 0.717) is 38.9 Å². The van der Waals surface area contributed by atoms with Crippen LogP contribution in [0.3, 0.4) is 0 Å². The predicted octanol–water partition coefficient (Wildman–Crippen LogP) is 3.39. The molecule has 4 rings (SSSR count). The number of allylic oxidation sites excluding steroid dienone is 1. The number of sulfonamides is 1. The number of rotatable bonds is 6. The van der Waals surface area contributed by atoms with Crippen LogP contribution in [-0.4, -0.2) is 50.2 Å². The minimum atomic E-state index is -3.63. The third kappa shape index (κ3) is 5.17. The minimum Gasteiger partial charge on any atom is -0.356 e. The molecule has 2 heterocycles. The molecule has 0 spiro atoms. The molecule has 33 heavy (non-hydrogen) atoms. The first-order chi connectivity index (χ1) is 15.8. The Balaban J connectivity index is 1.33. The van der Waals surface area contributed by atoms with Crippen LogP contribution in [0.25, 0.3) is 0 Å². The van der Waals surface area contributed by atoms with Crippen molar-refractivity contribution in [3.05, 3.63) is 35.4 Å². The van der Waals surface area contributed by atoms with Gasteiger partial charge < -0.3 is 10.2 Å². The molecule has 0 bridgehead atoms. The lowest BCUT2D eigenvalue weighted by molar-refractivity contribution is -0.126. The Bertz CT molecular complexity index is 1040. The van der Waals surface area contributed by atoms with Crippen molar-refractivity contribution in [1.82, 2.24) is 9.62 Å². The van der Waals surface area contributed by atoms with Gasteiger partial charge in [0.25, 0.3) is 0 Å². The number of hydrogen-bond donors (Lipinski definition) is 1. The van der Waals surface area contributed by atoms with Crippen LogP contribution in [0.4, 0.5) is 5.69 Å². The molecule has 2 aliphatic heterocycles. The van der Waals surface area contributed by atoms with Crippen LogP contribution in [0.2, 0.25) is 0 Å². The third-order valence-electron chi connectivity index (χ3n) is 7.20. The largest absolute Gasteiger partial charge is 0.356 e. The van der Waals surface area contributed by atoms with Crippen molar-refractivity contribution in [2.24, 2.45) is 5.92 Å². The van der Waals surface area contributed by atoms with Gasteiger partial charge >= 0.3 is 0 Å². The molecule has 2 amide bonds. The fraction of sp³-hybridized carbons (Fsp3) is 0.600. The van der Waals surface area contributed by atoms with E-state index < -0.39 is 10.0 Å². The van der Waals surface area contributed by atoms with Gasteiger partial charge in [0, 0.05) is 44.2 Å². The van der Waals surface area contributed by atoms with Crippen molar-refractivity contribution in [2.45, 2.75) is 76.2 Å². The average molecular weight is 474 g/mol. The summed E-state index contributed by atoms with van der Waals surface area (Å²) in [6.07, 6.45) is 9.73. The fourth-order valence-electron chi connectivity index (χ4n) is 5.38. The molecule has 1 atom stereocenters. The smallest absolute Gasteiger partial charge is 0.243 e.